The number of hydrogen-bond donors (Lipinski definition) is 2. The summed E-state index contributed by atoms with van der Waals surface area (Å²) in [4.78, 5) is 26.2. The molecule has 2 N–H and O–H groups in total. The van der Waals surface area contributed by atoms with Gasteiger partial charge in [-0.05, 0) is 31.0 Å². The number of urea groups is 1. The SMILES string of the molecule is CCCCOC(=O)C1=C(C)N(C)C(=O)NC1c1cc(Cl)c(O)c(OC)c1. The number of nitrogens with one attached hydrogen (secondary N) is 1. The minimum atomic E-state index is -0.764. The summed E-state index contributed by atoms with van der Waals surface area (Å²) in [5, 5.41) is 12.8. The summed E-state index contributed by atoms with van der Waals surface area (Å²) in [6.07, 6.45) is 1.65. The zero-order valence-corrected chi connectivity index (χ0v) is 16.0. The van der Waals surface area contributed by atoms with Gasteiger partial charge in [-0.1, -0.05) is 24.9 Å². The Hall–Kier alpha value is -2.41. The van der Waals surface area contributed by atoms with Crippen molar-refractivity contribution in [3.63, 3.8) is 0 Å². The maximum Gasteiger partial charge on any atom is 0.338 e. The number of rotatable bonds is 6. The molecule has 1 aliphatic heterocycles. The fourth-order valence-electron chi connectivity index (χ4n) is 2.65. The first kappa shape index (κ1) is 19.9. The van der Waals surface area contributed by atoms with Crippen molar-refractivity contribution in [2.24, 2.45) is 0 Å². The Morgan fingerprint density at radius 1 is 1.42 bits per heavy atom. The van der Waals surface area contributed by atoms with Gasteiger partial charge < -0.3 is 24.8 Å². The number of hydrogen-bond acceptors (Lipinski definition) is 5. The quantitative estimate of drug-likeness (QED) is 0.581. The second-order valence-corrected chi connectivity index (χ2v) is 6.39. The van der Waals surface area contributed by atoms with Gasteiger partial charge in [0.1, 0.15) is 0 Å². The van der Waals surface area contributed by atoms with E-state index in [1.807, 2.05) is 6.92 Å². The normalized spacial score (nSPS) is 17.2. The van der Waals surface area contributed by atoms with Crippen molar-refractivity contribution >= 4 is 23.6 Å². The number of ether oxygens (including phenoxy) is 2. The molecule has 2 rings (SSSR count). The molecule has 0 radical (unpaired) electrons. The van der Waals surface area contributed by atoms with Crippen molar-refractivity contribution in [2.75, 3.05) is 20.8 Å². The van der Waals surface area contributed by atoms with Gasteiger partial charge in [-0.3, -0.25) is 0 Å². The Morgan fingerprint density at radius 2 is 2.12 bits per heavy atom. The third-order valence-electron chi connectivity index (χ3n) is 4.31. The smallest absolute Gasteiger partial charge is 0.338 e. The Kier molecular flexibility index (Phi) is 6.37. The van der Waals surface area contributed by atoms with E-state index in [1.165, 1.54) is 24.1 Å². The number of carbonyl (C=O) groups excluding carboxylic acids is 2. The molecule has 8 heteroatoms. The first-order valence-electron chi connectivity index (χ1n) is 8.30. The largest absolute Gasteiger partial charge is 0.503 e. The molecule has 1 aromatic rings. The fourth-order valence-corrected chi connectivity index (χ4v) is 2.87. The van der Waals surface area contributed by atoms with Crippen LogP contribution in [-0.4, -0.2) is 42.8 Å². The number of halogens is 1. The van der Waals surface area contributed by atoms with E-state index in [9.17, 15) is 14.7 Å². The molecule has 0 aliphatic carbocycles. The first-order chi connectivity index (χ1) is 12.3. The molecule has 7 nitrogen and oxygen atoms in total. The molecule has 1 heterocycles. The number of nitrogens with zero attached hydrogens (tertiary/aromatic N) is 1. The summed E-state index contributed by atoms with van der Waals surface area (Å²) in [7, 11) is 2.97. The second-order valence-electron chi connectivity index (χ2n) is 5.98. The summed E-state index contributed by atoms with van der Waals surface area (Å²) in [6, 6.07) is 1.90. The van der Waals surface area contributed by atoms with Crippen LogP contribution in [-0.2, 0) is 9.53 Å². The van der Waals surface area contributed by atoms with Crippen molar-refractivity contribution in [1.29, 1.82) is 0 Å². The van der Waals surface area contributed by atoms with Gasteiger partial charge >= 0.3 is 12.0 Å². The van der Waals surface area contributed by atoms with Crippen LogP contribution in [0, 0.1) is 0 Å². The van der Waals surface area contributed by atoms with Crippen LogP contribution >= 0.6 is 11.6 Å². The Bertz CT molecular complexity index is 747. The fraction of sp³-hybridized carbons (Fsp3) is 0.444. The van der Waals surface area contributed by atoms with Crippen LogP contribution in [0.2, 0.25) is 5.02 Å². The molecule has 1 atom stereocenters. The van der Waals surface area contributed by atoms with E-state index in [-0.39, 0.29) is 22.6 Å². The summed E-state index contributed by atoms with van der Waals surface area (Å²) < 4.78 is 10.5. The summed E-state index contributed by atoms with van der Waals surface area (Å²) in [5.74, 6) is -0.557. The predicted octanol–water partition coefficient (Wildman–Crippen LogP) is 3.37. The van der Waals surface area contributed by atoms with Crippen molar-refractivity contribution in [3.05, 3.63) is 34.0 Å². The molecule has 0 bridgehead atoms. The standard InChI is InChI=1S/C18H23ClN2O5/c1-5-6-7-26-17(23)14-10(2)21(3)18(24)20-15(14)11-8-12(19)16(22)13(9-11)25-4/h8-9,15,22H,5-7H2,1-4H3,(H,20,24). The molecule has 2 amide bonds. The zero-order chi connectivity index (χ0) is 19.4. The lowest BCUT2D eigenvalue weighted by molar-refractivity contribution is -0.139. The molecule has 0 spiro atoms. The molecular weight excluding hydrogens is 360 g/mol. The van der Waals surface area contributed by atoms with E-state index in [0.29, 0.717) is 23.4 Å². The summed E-state index contributed by atoms with van der Waals surface area (Å²) >= 11 is 6.06. The Labute approximate surface area is 157 Å². The van der Waals surface area contributed by atoms with Gasteiger partial charge in [-0.15, -0.1) is 0 Å². The Morgan fingerprint density at radius 3 is 2.73 bits per heavy atom. The lowest BCUT2D eigenvalue weighted by Gasteiger charge is -2.33. The minimum absolute atomic E-state index is 0.0591. The molecule has 1 aromatic carbocycles. The number of allylic oxidation sites excluding steroid dienone is 1. The van der Waals surface area contributed by atoms with Gasteiger partial charge in [0.2, 0.25) is 0 Å². The molecular formula is C18H23ClN2O5. The molecule has 0 saturated heterocycles. The molecule has 0 fully saturated rings. The number of aromatic hydroxyl groups is 1. The van der Waals surface area contributed by atoms with Crippen LogP contribution in [0.5, 0.6) is 11.5 Å². The number of amides is 2. The summed E-state index contributed by atoms with van der Waals surface area (Å²) in [5.41, 5.74) is 1.31. The van der Waals surface area contributed by atoms with E-state index in [4.69, 9.17) is 21.1 Å². The van der Waals surface area contributed by atoms with Gasteiger partial charge in [-0.2, -0.15) is 0 Å². The monoisotopic (exact) mass is 382 g/mol. The van der Waals surface area contributed by atoms with Crippen LogP contribution < -0.4 is 10.1 Å². The van der Waals surface area contributed by atoms with Gasteiger partial charge in [0.15, 0.2) is 11.5 Å². The number of esters is 1. The molecule has 1 aliphatic rings. The highest BCUT2D eigenvalue weighted by Gasteiger charge is 2.35. The number of methoxy groups -OCH3 is 1. The molecule has 0 saturated carbocycles. The van der Waals surface area contributed by atoms with Crippen molar-refractivity contribution in [2.45, 2.75) is 32.7 Å². The van der Waals surface area contributed by atoms with Crippen molar-refractivity contribution in [1.82, 2.24) is 10.2 Å². The van der Waals surface area contributed by atoms with E-state index in [0.717, 1.165) is 12.8 Å². The van der Waals surface area contributed by atoms with Crippen LogP contribution in [0.15, 0.2) is 23.4 Å². The Balaban J connectivity index is 2.49. The molecule has 26 heavy (non-hydrogen) atoms. The van der Waals surface area contributed by atoms with E-state index >= 15 is 0 Å². The predicted molar refractivity (Wildman–Crippen MR) is 97.3 cm³/mol. The van der Waals surface area contributed by atoms with E-state index in [1.54, 1.807) is 14.0 Å². The maximum absolute atomic E-state index is 12.7. The third kappa shape index (κ3) is 3.88. The molecule has 0 aromatic heterocycles. The summed E-state index contributed by atoms with van der Waals surface area (Å²) in [6.45, 7) is 3.98. The lowest BCUT2D eigenvalue weighted by atomic mass is 9.94. The van der Waals surface area contributed by atoms with Gasteiger partial charge in [-0.25, -0.2) is 9.59 Å². The maximum atomic E-state index is 12.7. The third-order valence-corrected chi connectivity index (χ3v) is 4.60. The van der Waals surface area contributed by atoms with E-state index in [2.05, 4.69) is 5.32 Å². The number of unbranched alkanes of at least 4 members (excludes halogenated alkanes) is 1. The van der Waals surface area contributed by atoms with E-state index < -0.39 is 12.0 Å². The number of carbonyl (C=O) groups is 2. The second kappa shape index (κ2) is 8.31. The molecule has 1 unspecified atom stereocenters. The average molecular weight is 383 g/mol. The highest BCUT2D eigenvalue weighted by Crippen LogP contribution is 2.39. The average Bonchev–Trinajstić information content (AvgIpc) is 2.61. The van der Waals surface area contributed by atoms with Crippen molar-refractivity contribution < 1.29 is 24.2 Å². The highest BCUT2D eigenvalue weighted by molar-refractivity contribution is 6.32. The van der Waals surface area contributed by atoms with Gasteiger partial charge in [0.25, 0.3) is 0 Å². The van der Waals surface area contributed by atoms with Crippen molar-refractivity contribution in [3.8, 4) is 11.5 Å². The topological polar surface area (TPSA) is 88.1 Å². The van der Waals surface area contributed by atoms with Gasteiger partial charge in [0.05, 0.1) is 30.4 Å². The highest BCUT2D eigenvalue weighted by atomic mass is 35.5. The zero-order valence-electron chi connectivity index (χ0n) is 15.3. The van der Waals surface area contributed by atoms with Crippen LogP contribution in [0.25, 0.3) is 0 Å². The van der Waals surface area contributed by atoms with Crippen LogP contribution in [0.4, 0.5) is 4.79 Å². The minimum Gasteiger partial charge on any atom is -0.503 e. The number of phenols is 1. The molecule has 142 valence electrons. The van der Waals surface area contributed by atoms with Crippen LogP contribution in [0.1, 0.15) is 38.3 Å². The first-order valence-corrected chi connectivity index (χ1v) is 8.68. The van der Waals surface area contributed by atoms with Gasteiger partial charge in [0, 0.05) is 12.7 Å². The number of benzene rings is 1. The number of phenolic OH excluding ortho intramolecular Hbond substituents is 1. The van der Waals surface area contributed by atoms with Crippen LogP contribution in [0.3, 0.4) is 0 Å². The lowest BCUT2D eigenvalue weighted by Crippen LogP contribution is -2.46.